The summed E-state index contributed by atoms with van der Waals surface area (Å²) in [5.41, 5.74) is 2.70. The summed E-state index contributed by atoms with van der Waals surface area (Å²) >= 11 is 0. The lowest BCUT2D eigenvalue weighted by atomic mass is 9.97. The number of halogens is 1. The molecule has 1 amide bonds. The molecule has 1 aliphatic carbocycles. The Morgan fingerprint density at radius 1 is 1.15 bits per heavy atom. The van der Waals surface area contributed by atoms with Gasteiger partial charge in [0.05, 0.1) is 25.1 Å². The van der Waals surface area contributed by atoms with Crippen LogP contribution in [0, 0.1) is 5.82 Å². The second-order valence-corrected chi connectivity index (χ2v) is 10.0. The molecule has 3 rings (SSSR count). The minimum Gasteiger partial charge on any atom is -0.494 e. The van der Waals surface area contributed by atoms with E-state index in [4.69, 9.17) is 4.74 Å². The van der Waals surface area contributed by atoms with E-state index in [0.717, 1.165) is 25.5 Å². The number of rotatable bonds is 10. The fourth-order valence-electron chi connectivity index (χ4n) is 3.87. The number of sulfonamides is 1. The largest absolute Gasteiger partial charge is 0.494 e. The summed E-state index contributed by atoms with van der Waals surface area (Å²) in [7, 11) is -3.67. The van der Waals surface area contributed by atoms with Crippen LogP contribution in [0.2, 0.25) is 0 Å². The van der Waals surface area contributed by atoms with Crippen molar-refractivity contribution < 1.29 is 22.3 Å². The van der Waals surface area contributed by atoms with Crippen LogP contribution in [0.4, 0.5) is 10.1 Å². The third-order valence-corrected chi connectivity index (χ3v) is 6.71. The summed E-state index contributed by atoms with van der Waals surface area (Å²) in [6.07, 6.45) is 8.82. The first-order chi connectivity index (χ1) is 15.8. The maximum atomic E-state index is 13.4. The zero-order valence-corrected chi connectivity index (χ0v) is 20.0. The molecule has 33 heavy (non-hydrogen) atoms. The number of allylic oxidation sites excluding steroid dienone is 1. The molecular weight excluding hydrogens is 443 g/mol. The minimum atomic E-state index is -3.67. The first-order valence-corrected chi connectivity index (χ1v) is 13.1. The third-order valence-electron chi connectivity index (χ3n) is 5.57. The molecule has 0 bridgehead atoms. The van der Waals surface area contributed by atoms with Crippen molar-refractivity contribution in [1.29, 1.82) is 0 Å². The number of nitrogens with one attached hydrogen (secondary N) is 1. The number of ether oxygens (including phenoxy) is 1. The highest BCUT2D eigenvalue weighted by Crippen LogP contribution is 2.27. The van der Waals surface area contributed by atoms with Crippen molar-refractivity contribution in [3.63, 3.8) is 0 Å². The molecule has 1 aliphatic rings. The van der Waals surface area contributed by atoms with E-state index in [2.05, 4.69) is 11.4 Å². The van der Waals surface area contributed by atoms with Crippen molar-refractivity contribution in [2.24, 2.45) is 0 Å². The molecular formula is C25H31FN2O4S. The van der Waals surface area contributed by atoms with Crippen molar-refractivity contribution in [3.8, 4) is 5.75 Å². The van der Waals surface area contributed by atoms with Crippen LogP contribution in [0.15, 0.2) is 54.1 Å². The monoisotopic (exact) mass is 474 g/mol. The molecule has 0 aliphatic heterocycles. The van der Waals surface area contributed by atoms with Crippen molar-refractivity contribution in [1.82, 2.24) is 5.32 Å². The van der Waals surface area contributed by atoms with Gasteiger partial charge in [-0.1, -0.05) is 11.6 Å². The first-order valence-electron chi connectivity index (χ1n) is 11.2. The Morgan fingerprint density at radius 2 is 1.91 bits per heavy atom. The zero-order valence-electron chi connectivity index (χ0n) is 19.1. The zero-order chi connectivity index (χ0) is 23.8. The number of anilines is 1. The molecule has 1 N–H and O–H groups in total. The molecule has 0 aromatic heterocycles. The lowest BCUT2D eigenvalue weighted by Crippen LogP contribution is -2.30. The van der Waals surface area contributed by atoms with Crippen LogP contribution in [-0.2, 0) is 16.6 Å². The topological polar surface area (TPSA) is 75.7 Å². The van der Waals surface area contributed by atoms with Crippen LogP contribution in [0.25, 0.3) is 0 Å². The third kappa shape index (κ3) is 7.05. The normalized spacial score (nSPS) is 13.8. The summed E-state index contributed by atoms with van der Waals surface area (Å²) in [5, 5.41) is 2.95. The average molecular weight is 475 g/mol. The number of hydrogen-bond donors (Lipinski definition) is 1. The van der Waals surface area contributed by atoms with Gasteiger partial charge in [-0.3, -0.25) is 9.10 Å². The maximum absolute atomic E-state index is 13.4. The molecule has 0 radical (unpaired) electrons. The molecule has 0 atom stereocenters. The number of carbonyl (C=O) groups is 1. The van der Waals surface area contributed by atoms with Crippen LogP contribution >= 0.6 is 0 Å². The van der Waals surface area contributed by atoms with Crippen molar-refractivity contribution in [2.45, 2.75) is 45.6 Å². The molecule has 0 fully saturated rings. The fourth-order valence-corrected chi connectivity index (χ4v) is 4.75. The molecule has 178 valence electrons. The molecule has 0 saturated heterocycles. The van der Waals surface area contributed by atoms with Crippen LogP contribution in [0.5, 0.6) is 5.75 Å². The number of hydrogen-bond acceptors (Lipinski definition) is 4. The van der Waals surface area contributed by atoms with Gasteiger partial charge in [0.25, 0.3) is 5.91 Å². The first kappa shape index (κ1) is 24.8. The summed E-state index contributed by atoms with van der Waals surface area (Å²) in [4.78, 5) is 12.8. The molecule has 6 nitrogen and oxygen atoms in total. The average Bonchev–Trinajstić information content (AvgIpc) is 2.79. The van der Waals surface area contributed by atoms with Gasteiger partial charge in [-0.2, -0.15) is 0 Å². The molecule has 0 unspecified atom stereocenters. The predicted molar refractivity (Wildman–Crippen MR) is 129 cm³/mol. The standard InChI is InChI=1S/C25H31FN2O4S/c1-3-32-24-14-9-20(25(29)27-16-15-19-7-5-4-6-8-19)17-21(24)18-28(33(2,30)31)23-12-10-22(26)11-13-23/h7,9-14,17H,3-6,8,15-16,18H2,1-2H3,(H,27,29). The second kappa shape index (κ2) is 11.3. The SMILES string of the molecule is CCOc1ccc(C(=O)NCCC2=CCCCC2)cc1CN(c1ccc(F)cc1)S(C)(=O)=O. The van der Waals surface area contributed by atoms with E-state index in [9.17, 15) is 17.6 Å². The van der Waals surface area contributed by atoms with Gasteiger partial charge in [-0.05, 0) is 81.5 Å². The van der Waals surface area contributed by atoms with E-state index in [1.54, 1.807) is 18.2 Å². The van der Waals surface area contributed by atoms with Crippen LogP contribution in [0.1, 0.15) is 54.9 Å². The molecule has 0 saturated carbocycles. The van der Waals surface area contributed by atoms with Crippen molar-refractivity contribution in [2.75, 3.05) is 23.7 Å². The number of benzene rings is 2. The fraction of sp³-hybridized carbons (Fsp3) is 0.400. The number of nitrogens with zero attached hydrogens (tertiary/aromatic N) is 1. The highest BCUT2D eigenvalue weighted by molar-refractivity contribution is 7.92. The molecule has 0 heterocycles. The highest BCUT2D eigenvalue weighted by Gasteiger charge is 2.21. The predicted octanol–water partition coefficient (Wildman–Crippen LogP) is 4.81. The Morgan fingerprint density at radius 3 is 2.55 bits per heavy atom. The Hall–Kier alpha value is -2.87. The highest BCUT2D eigenvalue weighted by atomic mass is 32.2. The van der Waals surface area contributed by atoms with Crippen LogP contribution in [-0.4, -0.2) is 33.7 Å². The van der Waals surface area contributed by atoms with Gasteiger partial charge in [-0.15, -0.1) is 0 Å². The Bertz CT molecular complexity index is 1100. The Kier molecular flexibility index (Phi) is 8.49. The van der Waals surface area contributed by atoms with Gasteiger partial charge in [0, 0.05) is 17.7 Å². The van der Waals surface area contributed by atoms with E-state index in [1.165, 1.54) is 47.0 Å². The molecule has 8 heteroatoms. The molecule has 2 aromatic rings. The van der Waals surface area contributed by atoms with Gasteiger partial charge in [0.2, 0.25) is 10.0 Å². The van der Waals surface area contributed by atoms with Crippen molar-refractivity contribution in [3.05, 3.63) is 71.1 Å². The van der Waals surface area contributed by atoms with Gasteiger partial charge in [-0.25, -0.2) is 12.8 Å². The van der Waals surface area contributed by atoms with E-state index >= 15 is 0 Å². The van der Waals surface area contributed by atoms with E-state index < -0.39 is 15.8 Å². The van der Waals surface area contributed by atoms with Gasteiger partial charge < -0.3 is 10.1 Å². The lowest BCUT2D eigenvalue weighted by Gasteiger charge is -2.24. The maximum Gasteiger partial charge on any atom is 0.251 e. The number of carbonyl (C=O) groups excluding carboxylic acids is 1. The number of amides is 1. The summed E-state index contributed by atoms with van der Waals surface area (Å²) in [6.45, 7) is 2.73. The quantitative estimate of drug-likeness (QED) is 0.502. The molecule has 2 aromatic carbocycles. The second-order valence-electron chi connectivity index (χ2n) is 8.12. The van der Waals surface area contributed by atoms with E-state index in [1.807, 2.05) is 6.92 Å². The van der Waals surface area contributed by atoms with E-state index in [-0.39, 0.29) is 12.5 Å². The summed E-state index contributed by atoms with van der Waals surface area (Å²) in [5.74, 6) is -0.176. The van der Waals surface area contributed by atoms with Gasteiger partial charge in [0.1, 0.15) is 11.6 Å². The van der Waals surface area contributed by atoms with E-state index in [0.29, 0.717) is 35.7 Å². The van der Waals surface area contributed by atoms with Crippen LogP contribution in [0.3, 0.4) is 0 Å². The summed E-state index contributed by atoms with van der Waals surface area (Å²) < 4.78 is 45.2. The minimum absolute atomic E-state index is 0.0478. The van der Waals surface area contributed by atoms with Gasteiger partial charge >= 0.3 is 0 Å². The summed E-state index contributed by atoms with van der Waals surface area (Å²) in [6, 6.07) is 10.3. The Labute approximate surface area is 195 Å². The van der Waals surface area contributed by atoms with Crippen molar-refractivity contribution >= 4 is 21.6 Å². The molecule has 0 spiro atoms. The smallest absolute Gasteiger partial charge is 0.251 e. The van der Waals surface area contributed by atoms with Gasteiger partial charge in [0.15, 0.2) is 0 Å². The lowest BCUT2D eigenvalue weighted by molar-refractivity contribution is 0.0954. The Balaban J connectivity index is 1.80. The van der Waals surface area contributed by atoms with Crippen LogP contribution < -0.4 is 14.4 Å².